The van der Waals surface area contributed by atoms with Gasteiger partial charge in [-0.05, 0) is 18.2 Å². The van der Waals surface area contributed by atoms with E-state index in [0.717, 1.165) is 5.56 Å². The molecular formula is C11H8O3. The highest BCUT2D eigenvalue weighted by Crippen LogP contribution is 2.40. The molecule has 2 heterocycles. The average molecular weight is 188 g/mol. The van der Waals surface area contributed by atoms with Gasteiger partial charge >= 0.3 is 0 Å². The van der Waals surface area contributed by atoms with Crippen molar-refractivity contribution in [3.8, 4) is 11.5 Å². The summed E-state index contributed by atoms with van der Waals surface area (Å²) >= 11 is 0. The molecule has 0 spiro atoms. The highest BCUT2D eigenvalue weighted by molar-refractivity contribution is 5.90. The molecule has 1 aromatic heterocycles. The zero-order chi connectivity index (χ0) is 9.54. The van der Waals surface area contributed by atoms with Crippen molar-refractivity contribution in [1.29, 1.82) is 0 Å². The first-order valence-electron chi connectivity index (χ1n) is 4.39. The normalized spacial score (nSPS) is 14.0. The Labute approximate surface area is 80.2 Å². The van der Waals surface area contributed by atoms with Crippen LogP contribution in [0.4, 0.5) is 0 Å². The molecule has 0 fully saturated rings. The van der Waals surface area contributed by atoms with E-state index in [4.69, 9.17) is 9.15 Å². The smallest absolute Gasteiger partial charge is 0.169 e. The number of benzene rings is 1. The second kappa shape index (κ2) is 2.54. The third-order valence-electron chi connectivity index (χ3n) is 2.34. The van der Waals surface area contributed by atoms with Crippen LogP contribution in [0.1, 0.15) is 5.56 Å². The summed E-state index contributed by atoms with van der Waals surface area (Å²) in [5.74, 6) is 0.706. The van der Waals surface area contributed by atoms with Gasteiger partial charge in [-0.15, -0.1) is 0 Å². The predicted molar refractivity (Wildman–Crippen MR) is 52.4 cm³/mol. The van der Waals surface area contributed by atoms with Crippen LogP contribution in [0.2, 0.25) is 0 Å². The Kier molecular flexibility index (Phi) is 1.36. The van der Waals surface area contributed by atoms with Crippen LogP contribution in [-0.4, -0.2) is 11.7 Å². The number of rotatable bonds is 0. The second-order valence-electron chi connectivity index (χ2n) is 3.19. The summed E-state index contributed by atoms with van der Waals surface area (Å²) in [4.78, 5) is 0. The van der Waals surface area contributed by atoms with Gasteiger partial charge in [0.1, 0.15) is 12.2 Å². The number of phenols is 1. The Morgan fingerprint density at radius 3 is 3.21 bits per heavy atom. The largest absolute Gasteiger partial charge is 0.504 e. The maximum atomic E-state index is 9.87. The molecule has 2 aromatic rings. The molecule has 0 atom stereocenters. The summed E-state index contributed by atoms with van der Waals surface area (Å²) in [6, 6.07) is 3.59. The topological polar surface area (TPSA) is 42.6 Å². The third kappa shape index (κ3) is 0.865. The Hall–Kier alpha value is -1.90. The van der Waals surface area contributed by atoms with E-state index in [1.807, 2.05) is 18.2 Å². The first kappa shape index (κ1) is 7.50. The Morgan fingerprint density at radius 1 is 1.36 bits per heavy atom. The standard InChI is InChI=1S/C11H8O3/c12-10-8-3-5-13-9(8)6-7-2-1-4-14-11(7)10/h1-3,5-6,12H,4H2. The van der Waals surface area contributed by atoms with E-state index in [2.05, 4.69) is 0 Å². The van der Waals surface area contributed by atoms with Crippen molar-refractivity contribution in [3.63, 3.8) is 0 Å². The number of hydrogen-bond donors (Lipinski definition) is 1. The summed E-state index contributed by atoms with van der Waals surface area (Å²) in [5.41, 5.74) is 1.53. The second-order valence-corrected chi connectivity index (χ2v) is 3.19. The molecule has 0 saturated heterocycles. The van der Waals surface area contributed by atoms with Gasteiger partial charge < -0.3 is 14.3 Å². The Bertz CT molecular complexity index is 523. The molecule has 0 unspecified atom stereocenters. The van der Waals surface area contributed by atoms with Crippen molar-refractivity contribution in [2.24, 2.45) is 0 Å². The van der Waals surface area contributed by atoms with E-state index in [-0.39, 0.29) is 5.75 Å². The van der Waals surface area contributed by atoms with Gasteiger partial charge in [0.05, 0.1) is 11.6 Å². The van der Waals surface area contributed by atoms with Crippen LogP contribution >= 0.6 is 0 Å². The van der Waals surface area contributed by atoms with Gasteiger partial charge in [0.2, 0.25) is 0 Å². The predicted octanol–water partition coefficient (Wildman–Crippen LogP) is 2.54. The fraction of sp³-hybridized carbons (Fsp3) is 0.0909. The zero-order valence-corrected chi connectivity index (χ0v) is 7.36. The lowest BCUT2D eigenvalue weighted by Crippen LogP contribution is -2.00. The molecule has 3 heteroatoms. The lowest BCUT2D eigenvalue weighted by atomic mass is 10.1. The van der Waals surface area contributed by atoms with Crippen molar-refractivity contribution >= 4 is 17.0 Å². The van der Waals surface area contributed by atoms with Crippen LogP contribution < -0.4 is 4.74 Å². The quantitative estimate of drug-likeness (QED) is 0.690. The Morgan fingerprint density at radius 2 is 2.29 bits per heavy atom. The number of fused-ring (bicyclic) bond motifs is 2. The van der Waals surface area contributed by atoms with Crippen molar-refractivity contribution in [2.75, 3.05) is 6.61 Å². The Balaban J connectivity index is 2.43. The average Bonchev–Trinajstić information content (AvgIpc) is 2.66. The van der Waals surface area contributed by atoms with Crippen LogP contribution in [0.15, 0.2) is 28.9 Å². The van der Waals surface area contributed by atoms with Crippen molar-refractivity contribution in [3.05, 3.63) is 30.0 Å². The summed E-state index contributed by atoms with van der Waals surface area (Å²) in [5, 5.41) is 10.6. The first-order chi connectivity index (χ1) is 6.86. The molecule has 1 N–H and O–H groups in total. The summed E-state index contributed by atoms with van der Waals surface area (Å²) in [7, 11) is 0. The van der Waals surface area contributed by atoms with E-state index in [9.17, 15) is 5.11 Å². The first-order valence-corrected chi connectivity index (χ1v) is 4.39. The fourth-order valence-corrected chi connectivity index (χ4v) is 1.68. The molecule has 3 rings (SSSR count). The molecule has 1 aliphatic rings. The lowest BCUT2D eigenvalue weighted by molar-refractivity contribution is 0.334. The van der Waals surface area contributed by atoms with Crippen LogP contribution in [-0.2, 0) is 0 Å². The van der Waals surface area contributed by atoms with Crippen molar-refractivity contribution < 1.29 is 14.3 Å². The number of hydrogen-bond acceptors (Lipinski definition) is 3. The number of ether oxygens (including phenoxy) is 1. The highest BCUT2D eigenvalue weighted by atomic mass is 16.5. The molecule has 1 aliphatic heterocycles. The van der Waals surface area contributed by atoms with Crippen LogP contribution in [0.3, 0.4) is 0 Å². The molecule has 3 nitrogen and oxygen atoms in total. The maximum absolute atomic E-state index is 9.87. The molecule has 0 saturated carbocycles. The van der Waals surface area contributed by atoms with Gasteiger partial charge in [-0.1, -0.05) is 6.08 Å². The van der Waals surface area contributed by atoms with E-state index in [1.54, 1.807) is 12.3 Å². The molecule has 1 aromatic carbocycles. The van der Waals surface area contributed by atoms with Gasteiger partial charge in [-0.25, -0.2) is 0 Å². The van der Waals surface area contributed by atoms with E-state index >= 15 is 0 Å². The van der Waals surface area contributed by atoms with E-state index in [1.165, 1.54) is 0 Å². The van der Waals surface area contributed by atoms with Gasteiger partial charge in [-0.3, -0.25) is 0 Å². The monoisotopic (exact) mass is 188 g/mol. The number of aromatic hydroxyl groups is 1. The summed E-state index contributed by atoms with van der Waals surface area (Å²) < 4.78 is 10.6. The molecule has 0 radical (unpaired) electrons. The van der Waals surface area contributed by atoms with E-state index < -0.39 is 0 Å². The summed E-state index contributed by atoms with van der Waals surface area (Å²) in [6.45, 7) is 0.504. The number of phenolic OH excluding ortho intramolecular Hbond substituents is 1. The third-order valence-corrected chi connectivity index (χ3v) is 2.34. The minimum atomic E-state index is 0.163. The van der Waals surface area contributed by atoms with Crippen LogP contribution in [0.5, 0.6) is 11.5 Å². The molecule has 14 heavy (non-hydrogen) atoms. The lowest BCUT2D eigenvalue weighted by Gasteiger charge is -2.13. The molecular weight excluding hydrogens is 180 g/mol. The van der Waals surface area contributed by atoms with Gasteiger partial charge in [0, 0.05) is 5.56 Å². The highest BCUT2D eigenvalue weighted by Gasteiger charge is 2.15. The summed E-state index contributed by atoms with van der Waals surface area (Å²) in [6.07, 6.45) is 5.37. The number of furan rings is 1. The SMILES string of the molecule is Oc1c2c(cc3occc13)C=CCO2. The van der Waals surface area contributed by atoms with Gasteiger partial charge in [0.25, 0.3) is 0 Å². The molecule has 0 aliphatic carbocycles. The zero-order valence-electron chi connectivity index (χ0n) is 7.36. The van der Waals surface area contributed by atoms with E-state index in [0.29, 0.717) is 23.3 Å². The van der Waals surface area contributed by atoms with Gasteiger partial charge in [0.15, 0.2) is 11.5 Å². The van der Waals surface area contributed by atoms with Crippen molar-refractivity contribution in [2.45, 2.75) is 0 Å². The minimum Gasteiger partial charge on any atom is -0.504 e. The van der Waals surface area contributed by atoms with Crippen LogP contribution in [0.25, 0.3) is 17.0 Å². The molecule has 0 amide bonds. The minimum absolute atomic E-state index is 0.163. The molecule has 0 bridgehead atoms. The fourth-order valence-electron chi connectivity index (χ4n) is 1.68. The van der Waals surface area contributed by atoms with Gasteiger partial charge in [-0.2, -0.15) is 0 Å². The maximum Gasteiger partial charge on any atom is 0.169 e. The van der Waals surface area contributed by atoms with Crippen molar-refractivity contribution in [1.82, 2.24) is 0 Å². The van der Waals surface area contributed by atoms with Crippen LogP contribution in [0, 0.1) is 0 Å². The molecule has 70 valence electrons.